The lowest BCUT2D eigenvalue weighted by Crippen LogP contribution is -2.46. The standard InChI is InChI=1S/C13H13ClF3NO3/c1-12(2)6-20-11(19)18-10(12)7-3-4-9(8(14)5-7)21-13(15,16)17/h3-5,10H,6H2,1-2H3,(H,18,19)/t10-/m1/s1. The average Bonchev–Trinajstić information content (AvgIpc) is 2.33. The largest absolute Gasteiger partial charge is 0.573 e. The van der Waals surface area contributed by atoms with E-state index >= 15 is 0 Å². The average molecular weight is 324 g/mol. The third-order valence-electron chi connectivity index (χ3n) is 3.13. The van der Waals surface area contributed by atoms with Gasteiger partial charge in [0.15, 0.2) is 0 Å². The molecule has 0 spiro atoms. The second-order valence-electron chi connectivity index (χ2n) is 5.38. The summed E-state index contributed by atoms with van der Waals surface area (Å²) < 4.78 is 45.3. The highest BCUT2D eigenvalue weighted by Crippen LogP contribution is 2.39. The molecule has 1 aliphatic rings. The molecule has 116 valence electrons. The zero-order chi connectivity index (χ0) is 15.8. The van der Waals surface area contributed by atoms with Gasteiger partial charge in [-0.1, -0.05) is 31.5 Å². The fraction of sp³-hybridized carbons (Fsp3) is 0.462. The fourth-order valence-corrected chi connectivity index (χ4v) is 2.36. The van der Waals surface area contributed by atoms with Crippen LogP contribution < -0.4 is 10.1 Å². The Labute approximate surface area is 124 Å². The van der Waals surface area contributed by atoms with Gasteiger partial charge in [-0.25, -0.2) is 4.79 Å². The first-order valence-electron chi connectivity index (χ1n) is 6.07. The number of cyclic esters (lactones) is 1. The molecule has 0 unspecified atom stereocenters. The van der Waals surface area contributed by atoms with Crippen LogP contribution in [0.3, 0.4) is 0 Å². The van der Waals surface area contributed by atoms with E-state index in [0.29, 0.717) is 5.56 Å². The normalized spacial score (nSPS) is 21.4. The van der Waals surface area contributed by atoms with Crippen LogP contribution in [0.25, 0.3) is 0 Å². The molecule has 0 saturated carbocycles. The minimum atomic E-state index is -4.81. The van der Waals surface area contributed by atoms with Crippen LogP contribution >= 0.6 is 11.6 Å². The number of rotatable bonds is 2. The minimum Gasteiger partial charge on any atom is -0.449 e. The molecule has 1 aliphatic heterocycles. The van der Waals surface area contributed by atoms with Crippen LogP contribution in [0.1, 0.15) is 25.5 Å². The summed E-state index contributed by atoms with van der Waals surface area (Å²) >= 11 is 5.82. The van der Waals surface area contributed by atoms with Gasteiger partial charge in [0, 0.05) is 5.41 Å². The number of ether oxygens (including phenoxy) is 2. The maximum absolute atomic E-state index is 12.2. The van der Waals surface area contributed by atoms with Gasteiger partial charge < -0.3 is 14.8 Å². The quantitative estimate of drug-likeness (QED) is 0.893. The lowest BCUT2D eigenvalue weighted by atomic mass is 9.80. The van der Waals surface area contributed by atoms with Crippen molar-refractivity contribution >= 4 is 17.7 Å². The van der Waals surface area contributed by atoms with Crippen molar-refractivity contribution in [3.05, 3.63) is 28.8 Å². The minimum absolute atomic E-state index is 0.179. The van der Waals surface area contributed by atoms with Crippen molar-refractivity contribution in [1.82, 2.24) is 5.32 Å². The third-order valence-corrected chi connectivity index (χ3v) is 3.43. The van der Waals surface area contributed by atoms with Crippen LogP contribution in [0.15, 0.2) is 18.2 Å². The van der Waals surface area contributed by atoms with Crippen LogP contribution in [0.5, 0.6) is 5.75 Å². The molecule has 4 nitrogen and oxygen atoms in total. The zero-order valence-corrected chi connectivity index (χ0v) is 12.0. The summed E-state index contributed by atoms with van der Waals surface area (Å²) in [6.45, 7) is 3.93. The van der Waals surface area contributed by atoms with Crippen LogP contribution in [-0.4, -0.2) is 19.1 Å². The van der Waals surface area contributed by atoms with E-state index in [4.69, 9.17) is 16.3 Å². The summed E-state index contributed by atoms with van der Waals surface area (Å²) in [4.78, 5) is 11.3. The Balaban J connectivity index is 2.28. The fourth-order valence-electron chi connectivity index (χ4n) is 2.13. The number of benzene rings is 1. The lowest BCUT2D eigenvalue weighted by molar-refractivity contribution is -0.274. The molecular formula is C13H13ClF3NO3. The smallest absolute Gasteiger partial charge is 0.449 e. The predicted molar refractivity (Wildman–Crippen MR) is 69.1 cm³/mol. The number of hydrogen-bond acceptors (Lipinski definition) is 3. The molecule has 0 radical (unpaired) electrons. The molecule has 0 aromatic heterocycles. The molecule has 0 aliphatic carbocycles. The summed E-state index contributed by atoms with van der Waals surface area (Å²) in [6.07, 6.45) is -5.39. The zero-order valence-electron chi connectivity index (χ0n) is 11.3. The molecule has 0 bridgehead atoms. The summed E-state index contributed by atoms with van der Waals surface area (Å²) in [6, 6.07) is 3.49. The molecule has 1 amide bonds. The molecule has 8 heteroatoms. The van der Waals surface area contributed by atoms with Gasteiger partial charge >= 0.3 is 12.5 Å². The van der Waals surface area contributed by atoms with Gasteiger partial charge in [0.25, 0.3) is 0 Å². The van der Waals surface area contributed by atoms with E-state index in [2.05, 4.69) is 10.1 Å². The van der Waals surface area contributed by atoms with Gasteiger partial charge in [-0.2, -0.15) is 0 Å². The first kappa shape index (κ1) is 15.8. The van der Waals surface area contributed by atoms with E-state index in [-0.39, 0.29) is 11.6 Å². The van der Waals surface area contributed by atoms with Crippen molar-refractivity contribution in [3.63, 3.8) is 0 Å². The van der Waals surface area contributed by atoms with Gasteiger partial charge in [-0.05, 0) is 17.7 Å². The number of nitrogens with one attached hydrogen (secondary N) is 1. The number of alkyl halides is 3. The summed E-state index contributed by atoms with van der Waals surface area (Å²) in [5.41, 5.74) is 0.153. The van der Waals surface area contributed by atoms with Gasteiger partial charge in [0.1, 0.15) is 12.4 Å². The van der Waals surface area contributed by atoms with E-state index < -0.39 is 29.7 Å². The number of hydrogen-bond donors (Lipinski definition) is 1. The van der Waals surface area contributed by atoms with Crippen molar-refractivity contribution in [3.8, 4) is 5.75 Å². The van der Waals surface area contributed by atoms with Crippen LogP contribution in [0.2, 0.25) is 5.02 Å². The summed E-state index contributed by atoms with van der Waals surface area (Å²) in [5.74, 6) is -0.482. The highest BCUT2D eigenvalue weighted by Gasteiger charge is 2.38. The Morgan fingerprint density at radius 3 is 2.67 bits per heavy atom. The van der Waals surface area contributed by atoms with Crippen molar-refractivity contribution < 1.29 is 27.4 Å². The SMILES string of the molecule is CC1(C)COC(=O)N[C@@H]1c1ccc(OC(F)(F)F)c(Cl)c1. The third kappa shape index (κ3) is 3.72. The number of amides is 1. The van der Waals surface area contributed by atoms with Crippen molar-refractivity contribution in [1.29, 1.82) is 0 Å². The Bertz CT molecular complexity index is 560. The van der Waals surface area contributed by atoms with Crippen LogP contribution in [-0.2, 0) is 4.74 Å². The molecule has 1 N–H and O–H groups in total. The van der Waals surface area contributed by atoms with Crippen molar-refractivity contribution in [2.45, 2.75) is 26.3 Å². The number of halogens is 4. The van der Waals surface area contributed by atoms with Crippen molar-refractivity contribution in [2.24, 2.45) is 5.41 Å². The highest BCUT2D eigenvalue weighted by atomic mass is 35.5. The molecule has 1 fully saturated rings. The Morgan fingerprint density at radius 2 is 2.10 bits per heavy atom. The molecular weight excluding hydrogens is 311 g/mol. The van der Waals surface area contributed by atoms with E-state index in [1.54, 1.807) is 0 Å². The number of carbonyl (C=O) groups is 1. The van der Waals surface area contributed by atoms with E-state index in [0.717, 1.165) is 6.07 Å². The lowest BCUT2D eigenvalue weighted by Gasteiger charge is -2.38. The molecule has 1 atom stereocenters. The second kappa shape index (κ2) is 5.29. The first-order chi connectivity index (χ1) is 9.58. The van der Waals surface area contributed by atoms with Crippen LogP contribution in [0.4, 0.5) is 18.0 Å². The van der Waals surface area contributed by atoms with Gasteiger partial charge in [-0.3, -0.25) is 0 Å². The molecule has 1 aromatic rings. The molecule has 1 saturated heterocycles. The monoisotopic (exact) mass is 323 g/mol. The number of alkyl carbamates (subject to hydrolysis) is 1. The van der Waals surface area contributed by atoms with E-state index in [1.165, 1.54) is 12.1 Å². The van der Waals surface area contributed by atoms with Gasteiger partial charge in [0.2, 0.25) is 0 Å². The van der Waals surface area contributed by atoms with Crippen LogP contribution in [0, 0.1) is 5.41 Å². The molecule has 2 rings (SSSR count). The van der Waals surface area contributed by atoms with E-state index in [9.17, 15) is 18.0 Å². The maximum Gasteiger partial charge on any atom is 0.573 e. The van der Waals surface area contributed by atoms with Gasteiger partial charge in [0.05, 0.1) is 11.1 Å². The summed E-state index contributed by atoms with van der Waals surface area (Å²) in [5, 5.41) is 2.46. The molecule has 1 aromatic carbocycles. The first-order valence-corrected chi connectivity index (χ1v) is 6.45. The Morgan fingerprint density at radius 1 is 1.43 bits per heavy atom. The topological polar surface area (TPSA) is 47.6 Å². The summed E-state index contributed by atoms with van der Waals surface area (Å²) in [7, 11) is 0. The number of carbonyl (C=O) groups excluding carboxylic acids is 1. The molecule has 1 heterocycles. The molecule has 21 heavy (non-hydrogen) atoms. The van der Waals surface area contributed by atoms with E-state index in [1.807, 2.05) is 13.8 Å². The van der Waals surface area contributed by atoms with Gasteiger partial charge in [-0.15, -0.1) is 13.2 Å². The van der Waals surface area contributed by atoms with Crippen molar-refractivity contribution in [2.75, 3.05) is 6.61 Å². The maximum atomic E-state index is 12.2. The Hall–Kier alpha value is -1.63. The second-order valence-corrected chi connectivity index (χ2v) is 5.79. The Kier molecular flexibility index (Phi) is 3.97. The predicted octanol–water partition coefficient (Wildman–Crippen LogP) is 4.05. The highest BCUT2D eigenvalue weighted by molar-refractivity contribution is 6.32.